The number of aryl methyl sites for hydroxylation is 1. The van der Waals surface area contributed by atoms with E-state index in [1.165, 1.54) is 7.11 Å². The Bertz CT molecular complexity index is 410. The summed E-state index contributed by atoms with van der Waals surface area (Å²) in [6.07, 6.45) is 0.921. The van der Waals surface area contributed by atoms with Crippen LogP contribution in [0.2, 0.25) is 5.02 Å². The molecule has 3 nitrogen and oxygen atoms in total. The van der Waals surface area contributed by atoms with Crippen LogP contribution in [0.3, 0.4) is 0 Å². The smallest absolute Gasteiger partial charge is 0.337 e. The summed E-state index contributed by atoms with van der Waals surface area (Å²) in [6.45, 7) is 0. The minimum Gasteiger partial charge on any atom is -0.465 e. The summed E-state index contributed by atoms with van der Waals surface area (Å²) < 4.78 is 4.59. The van der Waals surface area contributed by atoms with Crippen LogP contribution in [0.1, 0.15) is 22.3 Å². The third kappa shape index (κ3) is 2.97. The highest BCUT2D eigenvalue weighted by molar-refractivity contribution is 6.31. The first-order chi connectivity index (χ1) is 7.19. The summed E-state index contributed by atoms with van der Waals surface area (Å²) in [7, 11) is 1.33. The standard InChI is InChI=1S/C11H10ClNO2/c1-15-11(14)9-4-5-10(12)8(7-9)3-2-6-13/h4-5,7H,2-3H2,1H3. The number of carbonyl (C=O) groups excluding carboxylic acids is 1. The molecule has 78 valence electrons. The number of carbonyl (C=O) groups is 1. The van der Waals surface area contributed by atoms with Crippen LogP contribution >= 0.6 is 11.6 Å². The SMILES string of the molecule is COC(=O)c1ccc(Cl)c(CCC#N)c1. The maximum atomic E-state index is 11.2. The molecule has 0 atom stereocenters. The van der Waals surface area contributed by atoms with Gasteiger partial charge in [0.1, 0.15) is 0 Å². The summed E-state index contributed by atoms with van der Waals surface area (Å²) in [6, 6.07) is 6.93. The molecule has 1 aromatic carbocycles. The zero-order chi connectivity index (χ0) is 11.3. The predicted octanol–water partition coefficient (Wildman–Crippen LogP) is 2.58. The molecule has 0 saturated heterocycles. The fourth-order valence-corrected chi connectivity index (χ4v) is 1.41. The normalized spacial score (nSPS) is 9.40. The molecule has 1 rings (SSSR count). The number of esters is 1. The van der Waals surface area contributed by atoms with Gasteiger partial charge in [0.25, 0.3) is 0 Å². The molecule has 0 spiro atoms. The molecule has 0 aromatic heterocycles. The molecule has 0 amide bonds. The van der Waals surface area contributed by atoms with Crippen molar-refractivity contribution in [3.63, 3.8) is 0 Å². The number of nitriles is 1. The number of rotatable bonds is 3. The van der Waals surface area contributed by atoms with Crippen molar-refractivity contribution in [1.82, 2.24) is 0 Å². The number of halogens is 1. The van der Waals surface area contributed by atoms with Gasteiger partial charge in [-0.1, -0.05) is 11.6 Å². The zero-order valence-electron chi connectivity index (χ0n) is 8.29. The van der Waals surface area contributed by atoms with Gasteiger partial charge < -0.3 is 4.74 Å². The van der Waals surface area contributed by atoms with Crippen molar-refractivity contribution in [1.29, 1.82) is 5.26 Å². The summed E-state index contributed by atoms with van der Waals surface area (Å²) in [4.78, 5) is 11.2. The summed E-state index contributed by atoms with van der Waals surface area (Å²) in [5, 5.41) is 9.03. The van der Waals surface area contributed by atoms with Crippen LogP contribution in [0.5, 0.6) is 0 Å². The van der Waals surface area contributed by atoms with Crippen LogP contribution in [-0.2, 0) is 11.2 Å². The fourth-order valence-electron chi connectivity index (χ4n) is 1.20. The first kappa shape index (κ1) is 11.5. The van der Waals surface area contributed by atoms with E-state index in [1.54, 1.807) is 18.2 Å². The molecule has 0 saturated carbocycles. The number of ether oxygens (including phenoxy) is 1. The second kappa shape index (κ2) is 5.38. The average molecular weight is 224 g/mol. The lowest BCUT2D eigenvalue weighted by Crippen LogP contribution is -2.02. The van der Waals surface area contributed by atoms with Gasteiger partial charge >= 0.3 is 5.97 Å². The van der Waals surface area contributed by atoms with Crippen molar-refractivity contribution < 1.29 is 9.53 Å². The quantitative estimate of drug-likeness (QED) is 0.740. The van der Waals surface area contributed by atoms with E-state index in [-0.39, 0.29) is 0 Å². The third-order valence-electron chi connectivity index (χ3n) is 1.97. The van der Waals surface area contributed by atoms with Crippen LogP contribution in [-0.4, -0.2) is 13.1 Å². The Labute approximate surface area is 93.2 Å². The van der Waals surface area contributed by atoms with Crippen LogP contribution in [0.4, 0.5) is 0 Å². The molecular formula is C11H10ClNO2. The van der Waals surface area contributed by atoms with E-state index in [1.807, 2.05) is 6.07 Å². The molecule has 0 heterocycles. The third-order valence-corrected chi connectivity index (χ3v) is 2.34. The molecule has 1 aromatic rings. The lowest BCUT2D eigenvalue weighted by molar-refractivity contribution is 0.0600. The largest absolute Gasteiger partial charge is 0.465 e. The van der Waals surface area contributed by atoms with E-state index >= 15 is 0 Å². The van der Waals surface area contributed by atoms with E-state index < -0.39 is 5.97 Å². The Morgan fingerprint density at radius 2 is 2.33 bits per heavy atom. The van der Waals surface area contributed by atoms with Gasteiger partial charge in [-0.15, -0.1) is 0 Å². The Balaban J connectivity index is 2.95. The van der Waals surface area contributed by atoms with Crippen molar-refractivity contribution in [3.05, 3.63) is 34.3 Å². The Morgan fingerprint density at radius 3 is 2.93 bits per heavy atom. The van der Waals surface area contributed by atoms with Gasteiger partial charge in [-0.05, 0) is 30.2 Å². The van der Waals surface area contributed by atoms with Crippen molar-refractivity contribution in [2.24, 2.45) is 0 Å². The van der Waals surface area contributed by atoms with E-state index in [2.05, 4.69) is 4.74 Å². The molecule has 15 heavy (non-hydrogen) atoms. The van der Waals surface area contributed by atoms with E-state index in [0.29, 0.717) is 23.4 Å². The molecule has 0 aliphatic rings. The van der Waals surface area contributed by atoms with Crippen molar-refractivity contribution >= 4 is 17.6 Å². The van der Waals surface area contributed by atoms with Crippen LogP contribution < -0.4 is 0 Å². The number of nitrogens with zero attached hydrogens (tertiary/aromatic N) is 1. The molecule has 0 aliphatic heterocycles. The average Bonchev–Trinajstić information content (AvgIpc) is 2.27. The number of hydrogen-bond donors (Lipinski definition) is 0. The van der Waals surface area contributed by atoms with Crippen LogP contribution in [0, 0.1) is 11.3 Å². The summed E-state index contributed by atoms with van der Waals surface area (Å²) in [5.41, 5.74) is 1.25. The molecule has 0 radical (unpaired) electrons. The minimum atomic E-state index is -0.398. The van der Waals surface area contributed by atoms with Gasteiger partial charge in [0.15, 0.2) is 0 Å². The number of methoxy groups -OCH3 is 1. The fraction of sp³-hybridized carbons (Fsp3) is 0.273. The molecule has 0 fully saturated rings. The van der Waals surface area contributed by atoms with Crippen molar-refractivity contribution in [2.45, 2.75) is 12.8 Å². The van der Waals surface area contributed by atoms with Crippen LogP contribution in [0.15, 0.2) is 18.2 Å². The van der Waals surface area contributed by atoms with Gasteiger partial charge in [0.05, 0.1) is 18.7 Å². The number of benzene rings is 1. The van der Waals surface area contributed by atoms with Gasteiger partial charge in [-0.2, -0.15) is 5.26 Å². The molecular weight excluding hydrogens is 214 g/mol. The first-order valence-electron chi connectivity index (χ1n) is 4.42. The molecule has 0 bridgehead atoms. The second-order valence-electron chi connectivity index (χ2n) is 2.96. The molecule has 0 N–H and O–H groups in total. The summed E-state index contributed by atoms with van der Waals surface area (Å²) >= 11 is 5.92. The molecule has 4 heteroatoms. The first-order valence-corrected chi connectivity index (χ1v) is 4.80. The highest BCUT2D eigenvalue weighted by atomic mass is 35.5. The molecule has 0 aliphatic carbocycles. The Hall–Kier alpha value is -1.53. The van der Waals surface area contributed by atoms with Gasteiger partial charge in [0, 0.05) is 11.4 Å². The highest BCUT2D eigenvalue weighted by Gasteiger charge is 2.08. The van der Waals surface area contributed by atoms with E-state index in [0.717, 1.165) is 5.56 Å². The molecule has 0 unspecified atom stereocenters. The van der Waals surface area contributed by atoms with Crippen molar-refractivity contribution in [2.75, 3.05) is 7.11 Å². The Kier molecular flexibility index (Phi) is 4.14. The highest BCUT2D eigenvalue weighted by Crippen LogP contribution is 2.19. The lowest BCUT2D eigenvalue weighted by atomic mass is 10.1. The zero-order valence-corrected chi connectivity index (χ0v) is 9.04. The summed E-state index contributed by atoms with van der Waals surface area (Å²) in [5.74, 6) is -0.398. The monoisotopic (exact) mass is 223 g/mol. The van der Waals surface area contributed by atoms with E-state index in [4.69, 9.17) is 16.9 Å². The van der Waals surface area contributed by atoms with Crippen LogP contribution in [0.25, 0.3) is 0 Å². The maximum absolute atomic E-state index is 11.2. The lowest BCUT2D eigenvalue weighted by Gasteiger charge is -2.04. The van der Waals surface area contributed by atoms with E-state index in [9.17, 15) is 4.79 Å². The number of hydrogen-bond acceptors (Lipinski definition) is 3. The van der Waals surface area contributed by atoms with Gasteiger partial charge in [-0.25, -0.2) is 4.79 Å². The maximum Gasteiger partial charge on any atom is 0.337 e. The minimum absolute atomic E-state index is 0.379. The van der Waals surface area contributed by atoms with Gasteiger partial charge in [-0.3, -0.25) is 0 Å². The second-order valence-corrected chi connectivity index (χ2v) is 3.36. The van der Waals surface area contributed by atoms with Gasteiger partial charge in [0.2, 0.25) is 0 Å². The topological polar surface area (TPSA) is 50.1 Å². The Morgan fingerprint density at radius 1 is 1.60 bits per heavy atom. The predicted molar refractivity (Wildman–Crippen MR) is 56.7 cm³/mol. The van der Waals surface area contributed by atoms with Crippen molar-refractivity contribution in [3.8, 4) is 6.07 Å².